The van der Waals surface area contributed by atoms with Crippen LogP contribution in [0.4, 0.5) is 0 Å². The zero-order valence-electron chi connectivity index (χ0n) is 13.2. The SMILES string of the molecule is CNCC1CCCN(C(=O)CCn2cnc3ccccc32)C1. The summed E-state index contributed by atoms with van der Waals surface area (Å²) >= 11 is 0. The second-order valence-corrected chi connectivity index (χ2v) is 6.08. The minimum Gasteiger partial charge on any atom is -0.342 e. The monoisotopic (exact) mass is 300 g/mol. The Balaban J connectivity index is 1.58. The molecule has 0 aliphatic carbocycles. The molecule has 1 fully saturated rings. The maximum atomic E-state index is 12.5. The first kappa shape index (κ1) is 15.0. The number of nitrogens with zero attached hydrogens (tertiary/aromatic N) is 3. The molecular formula is C17H24N4O. The van der Waals surface area contributed by atoms with Gasteiger partial charge in [0.1, 0.15) is 0 Å². The molecule has 1 atom stereocenters. The zero-order chi connectivity index (χ0) is 15.4. The van der Waals surface area contributed by atoms with Crippen LogP contribution in [0.2, 0.25) is 0 Å². The van der Waals surface area contributed by atoms with Crippen molar-refractivity contribution in [3.63, 3.8) is 0 Å². The Hall–Kier alpha value is -1.88. The highest BCUT2D eigenvalue weighted by molar-refractivity contribution is 5.77. The van der Waals surface area contributed by atoms with Crippen molar-refractivity contribution in [2.75, 3.05) is 26.7 Å². The Kier molecular flexibility index (Phi) is 4.73. The highest BCUT2D eigenvalue weighted by Crippen LogP contribution is 2.17. The molecule has 118 valence electrons. The van der Waals surface area contributed by atoms with Crippen LogP contribution in [0.1, 0.15) is 19.3 Å². The highest BCUT2D eigenvalue weighted by Gasteiger charge is 2.22. The second-order valence-electron chi connectivity index (χ2n) is 6.08. The molecule has 0 radical (unpaired) electrons. The molecule has 1 aromatic heterocycles. The van der Waals surface area contributed by atoms with Crippen molar-refractivity contribution in [3.05, 3.63) is 30.6 Å². The third-order valence-corrected chi connectivity index (χ3v) is 4.46. The Morgan fingerprint density at radius 1 is 1.41 bits per heavy atom. The maximum absolute atomic E-state index is 12.5. The van der Waals surface area contributed by atoms with Crippen LogP contribution >= 0.6 is 0 Å². The molecule has 0 saturated carbocycles. The lowest BCUT2D eigenvalue weighted by Crippen LogP contribution is -2.42. The fourth-order valence-corrected chi connectivity index (χ4v) is 3.31. The van der Waals surface area contributed by atoms with Crippen LogP contribution < -0.4 is 5.32 Å². The van der Waals surface area contributed by atoms with E-state index in [0.717, 1.165) is 37.1 Å². The molecule has 1 saturated heterocycles. The number of hydrogen-bond acceptors (Lipinski definition) is 3. The summed E-state index contributed by atoms with van der Waals surface area (Å²) in [4.78, 5) is 18.9. The summed E-state index contributed by atoms with van der Waals surface area (Å²) in [6.07, 6.45) is 4.72. The summed E-state index contributed by atoms with van der Waals surface area (Å²) in [6.45, 7) is 3.50. The summed E-state index contributed by atoms with van der Waals surface area (Å²) in [6, 6.07) is 8.05. The Morgan fingerprint density at radius 2 is 2.27 bits per heavy atom. The number of carbonyl (C=O) groups is 1. The van der Waals surface area contributed by atoms with E-state index in [2.05, 4.69) is 20.9 Å². The van der Waals surface area contributed by atoms with E-state index in [1.54, 1.807) is 0 Å². The van der Waals surface area contributed by atoms with Crippen molar-refractivity contribution in [3.8, 4) is 0 Å². The van der Waals surface area contributed by atoms with Crippen LogP contribution in [0, 0.1) is 5.92 Å². The van der Waals surface area contributed by atoms with Gasteiger partial charge in [-0.15, -0.1) is 0 Å². The van der Waals surface area contributed by atoms with Crippen molar-refractivity contribution < 1.29 is 4.79 Å². The molecule has 2 heterocycles. The summed E-state index contributed by atoms with van der Waals surface area (Å²) in [5.41, 5.74) is 2.09. The molecule has 2 aromatic rings. The Labute approximate surface area is 131 Å². The van der Waals surface area contributed by atoms with Gasteiger partial charge in [-0.25, -0.2) is 4.98 Å². The van der Waals surface area contributed by atoms with Crippen molar-refractivity contribution in [1.29, 1.82) is 0 Å². The molecule has 0 spiro atoms. The molecular weight excluding hydrogens is 276 g/mol. The first-order valence-electron chi connectivity index (χ1n) is 8.10. The average Bonchev–Trinajstić information content (AvgIpc) is 2.96. The molecule has 3 rings (SSSR count). The van der Waals surface area contributed by atoms with E-state index in [4.69, 9.17) is 0 Å². The van der Waals surface area contributed by atoms with Gasteiger partial charge in [0.05, 0.1) is 17.4 Å². The highest BCUT2D eigenvalue weighted by atomic mass is 16.2. The Morgan fingerprint density at radius 3 is 3.14 bits per heavy atom. The lowest BCUT2D eigenvalue weighted by atomic mass is 9.98. The summed E-state index contributed by atoms with van der Waals surface area (Å²) in [5, 5.41) is 3.22. The second kappa shape index (κ2) is 6.92. The van der Waals surface area contributed by atoms with Crippen LogP contribution in [-0.2, 0) is 11.3 Å². The number of nitrogens with one attached hydrogen (secondary N) is 1. The number of amides is 1. The summed E-state index contributed by atoms with van der Waals surface area (Å²) in [7, 11) is 1.98. The number of piperidine rings is 1. The molecule has 1 aliphatic heterocycles. The molecule has 5 nitrogen and oxygen atoms in total. The van der Waals surface area contributed by atoms with E-state index in [1.165, 1.54) is 6.42 Å². The van der Waals surface area contributed by atoms with Crippen molar-refractivity contribution in [2.45, 2.75) is 25.8 Å². The van der Waals surface area contributed by atoms with Gasteiger partial charge < -0.3 is 14.8 Å². The van der Waals surface area contributed by atoms with E-state index >= 15 is 0 Å². The van der Waals surface area contributed by atoms with E-state index in [-0.39, 0.29) is 5.91 Å². The molecule has 1 amide bonds. The third-order valence-electron chi connectivity index (χ3n) is 4.46. The minimum atomic E-state index is 0.263. The van der Waals surface area contributed by atoms with Gasteiger partial charge in [0, 0.05) is 26.1 Å². The van der Waals surface area contributed by atoms with Crippen molar-refractivity contribution in [1.82, 2.24) is 19.8 Å². The van der Waals surface area contributed by atoms with Crippen LogP contribution in [0.15, 0.2) is 30.6 Å². The number of fused-ring (bicyclic) bond motifs is 1. The van der Waals surface area contributed by atoms with Crippen molar-refractivity contribution >= 4 is 16.9 Å². The predicted molar refractivity (Wildman–Crippen MR) is 87.6 cm³/mol. The molecule has 5 heteroatoms. The number of hydrogen-bond donors (Lipinski definition) is 1. The van der Waals surface area contributed by atoms with Gasteiger partial charge in [0.25, 0.3) is 0 Å². The van der Waals surface area contributed by atoms with Gasteiger partial charge in [0.2, 0.25) is 5.91 Å². The molecule has 22 heavy (non-hydrogen) atoms. The number of carbonyl (C=O) groups excluding carboxylic acids is 1. The lowest BCUT2D eigenvalue weighted by molar-refractivity contribution is -0.133. The van der Waals surface area contributed by atoms with Gasteiger partial charge in [-0.1, -0.05) is 12.1 Å². The molecule has 1 aromatic carbocycles. The molecule has 1 unspecified atom stereocenters. The first-order valence-corrected chi connectivity index (χ1v) is 8.10. The normalized spacial score (nSPS) is 18.8. The van der Waals surface area contributed by atoms with Crippen LogP contribution in [0.5, 0.6) is 0 Å². The topological polar surface area (TPSA) is 50.2 Å². The quantitative estimate of drug-likeness (QED) is 0.917. The van der Waals surface area contributed by atoms with Gasteiger partial charge >= 0.3 is 0 Å². The molecule has 1 N–H and O–H groups in total. The summed E-state index contributed by atoms with van der Waals surface area (Å²) < 4.78 is 2.07. The smallest absolute Gasteiger partial charge is 0.224 e. The van der Waals surface area contributed by atoms with E-state index in [1.807, 2.05) is 36.5 Å². The van der Waals surface area contributed by atoms with Gasteiger partial charge in [-0.2, -0.15) is 0 Å². The first-order chi connectivity index (χ1) is 10.8. The van der Waals surface area contributed by atoms with Crippen LogP contribution in [-0.4, -0.2) is 47.0 Å². The number of imidazole rings is 1. The maximum Gasteiger partial charge on any atom is 0.224 e. The number of aromatic nitrogens is 2. The predicted octanol–water partition coefficient (Wildman–Crippen LogP) is 1.88. The number of likely N-dealkylation sites (tertiary alicyclic amines) is 1. The van der Waals surface area contributed by atoms with E-state index in [9.17, 15) is 4.79 Å². The zero-order valence-corrected chi connectivity index (χ0v) is 13.2. The van der Waals surface area contributed by atoms with Crippen LogP contribution in [0.3, 0.4) is 0 Å². The average molecular weight is 300 g/mol. The third kappa shape index (κ3) is 3.30. The number of benzene rings is 1. The van der Waals surface area contributed by atoms with Crippen molar-refractivity contribution in [2.24, 2.45) is 5.92 Å². The summed E-state index contributed by atoms with van der Waals surface area (Å²) in [5.74, 6) is 0.857. The standard InChI is InChI=1S/C17H24N4O/c1-18-11-14-5-4-9-20(12-14)17(22)8-10-21-13-19-15-6-2-3-7-16(15)21/h2-3,6-7,13-14,18H,4-5,8-12H2,1H3. The number of rotatable bonds is 5. The largest absolute Gasteiger partial charge is 0.342 e. The molecule has 0 bridgehead atoms. The van der Waals surface area contributed by atoms with Gasteiger partial charge in [-0.3, -0.25) is 4.79 Å². The lowest BCUT2D eigenvalue weighted by Gasteiger charge is -2.32. The Bertz CT molecular complexity index is 634. The van der Waals surface area contributed by atoms with Crippen LogP contribution in [0.25, 0.3) is 11.0 Å². The number of aryl methyl sites for hydroxylation is 1. The van der Waals surface area contributed by atoms with Gasteiger partial charge in [0.15, 0.2) is 0 Å². The minimum absolute atomic E-state index is 0.263. The van der Waals surface area contributed by atoms with Gasteiger partial charge in [-0.05, 0) is 44.5 Å². The number of para-hydroxylation sites is 2. The molecule has 1 aliphatic rings. The fourth-order valence-electron chi connectivity index (χ4n) is 3.31. The fraction of sp³-hybridized carbons (Fsp3) is 0.529. The van der Waals surface area contributed by atoms with E-state index in [0.29, 0.717) is 18.9 Å². The van der Waals surface area contributed by atoms with E-state index < -0.39 is 0 Å².